The molecule has 2 heterocycles. The molecule has 1 atom stereocenters. The molecule has 0 radical (unpaired) electrons. The summed E-state index contributed by atoms with van der Waals surface area (Å²) in [4.78, 5) is 43.8. The van der Waals surface area contributed by atoms with Crippen molar-refractivity contribution in [1.29, 1.82) is 0 Å². The van der Waals surface area contributed by atoms with E-state index in [9.17, 15) is 14.4 Å². The van der Waals surface area contributed by atoms with Crippen LogP contribution < -0.4 is 26.1 Å². The molecule has 4 rings (SSSR count). The van der Waals surface area contributed by atoms with Crippen molar-refractivity contribution in [1.82, 2.24) is 9.97 Å². The number of carbonyl (C=O) groups is 2. The van der Waals surface area contributed by atoms with Gasteiger partial charge in [-0.25, -0.2) is 4.98 Å². The summed E-state index contributed by atoms with van der Waals surface area (Å²) in [5.74, 6) is 0.209. The number of primary amides is 1. The van der Waals surface area contributed by atoms with Crippen LogP contribution in [0.5, 0.6) is 11.5 Å². The summed E-state index contributed by atoms with van der Waals surface area (Å²) in [6.45, 7) is -0.294. The van der Waals surface area contributed by atoms with Crippen LogP contribution in [-0.4, -0.2) is 35.5 Å². The lowest BCUT2D eigenvalue weighted by Gasteiger charge is -2.25. The smallest absolute Gasteiger partial charge is 0.257 e. The van der Waals surface area contributed by atoms with Gasteiger partial charge in [-0.05, 0) is 23.3 Å². The van der Waals surface area contributed by atoms with Crippen molar-refractivity contribution in [3.05, 3.63) is 75.6 Å². The van der Waals surface area contributed by atoms with E-state index in [1.54, 1.807) is 18.2 Å². The van der Waals surface area contributed by atoms with Crippen molar-refractivity contribution in [2.45, 2.75) is 23.2 Å². The van der Waals surface area contributed by atoms with E-state index in [1.165, 1.54) is 18.9 Å². The molecule has 1 aromatic heterocycles. The van der Waals surface area contributed by atoms with E-state index in [4.69, 9.17) is 15.2 Å². The molecule has 0 unspecified atom stereocenters. The highest BCUT2D eigenvalue weighted by Gasteiger charge is 2.31. The number of aromatic amines is 1. The standard InChI is InChI=1S/C23H22N4O5S/c1-31-17-9-14(7-8-16(17)32-11-18(24)28)15-10-19(29)25-21-20(15)22(30)27-23(26-21)33-12-13-5-3-2-4-6-13/h2-9,15H,10-12H2,1H3,(H2,24,28)(H2,25,26,27,29,30)/t15-/m1/s1. The van der Waals surface area contributed by atoms with Gasteiger partial charge in [-0.15, -0.1) is 0 Å². The SMILES string of the molecule is COc1cc([C@H]2CC(=O)Nc3nc(SCc4ccccc4)[nH]c(=O)c32)ccc1OCC(N)=O. The van der Waals surface area contributed by atoms with Crippen LogP contribution in [0.25, 0.3) is 0 Å². The number of carbonyl (C=O) groups excluding carboxylic acids is 2. The predicted octanol–water partition coefficient (Wildman–Crippen LogP) is 2.41. The summed E-state index contributed by atoms with van der Waals surface area (Å²) in [5.41, 5.74) is 6.98. The second kappa shape index (κ2) is 9.78. The maximum Gasteiger partial charge on any atom is 0.257 e. The summed E-state index contributed by atoms with van der Waals surface area (Å²) in [5, 5.41) is 3.15. The molecule has 1 aliphatic heterocycles. The quantitative estimate of drug-likeness (QED) is 0.342. The van der Waals surface area contributed by atoms with Crippen LogP contribution in [0.3, 0.4) is 0 Å². The van der Waals surface area contributed by atoms with Crippen LogP contribution in [0.4, 0.5) is 5.82 Å². The Morgan fingerprint density at radius 3 is 2.70 bits per heavy atom. The summed E-state index contributed by atoms with van der Waals surface area (Å²) in [6.07, 6.45) is 0.0823. The van der Waals surface area contributed by atoms with Crippen molar-refractivity contribution in [3.8, 4) is 11.5 Å². The van der Waals surface area contributed by atoms with Crippen LogP contribution in [0.2, 0.25) is 0 Å². The molecule has 3 aromatic rings. The Kier molecular flexibility index (Phi) is 6.64. The van der Waals surface area contributed by atoms with Gasteiger partial charge in [-0.3, -0.25) is 14.4 Å². The van der Waals surface area contributed by atoms with Crippen LogP contribution in [0.15, 0.2) is 58.5 Å². The van der Waals surface area contributed by atoms with E-state index in [-0.39, 0.29) is 30.3 Å². The number of nitrogens with one attached hydrogen (secondary N) is 2. The molecule has 4 N–H and O–H groups in total. The minimum Gasteiger partial charge on any atom is -0.493 e. The molecule has 10 heteroatoms. The predicted molar refractivity (Wildman–Crippen MR) is 124 cm³/mol. The van der Waals surface area contributed by atoms with Gasteiger partial charge in [0, 0.05) is 18.1 Å². The summed E-state index contributed by atoms with van der Waals surface area (Å²) in [7, 11) is 1.46. The van der Waals surface area contributed by atoms with Gasteiger partial charge in [0.2, 0.25) is 5.91 Å². The average molecular weight is 467 g/mol. The zero-order valence-electron chi connectivity index (χ0n) is 17.8. The number of nitrogens with two attached hydrogens (primary N) is 1. The van der Waals surface area contributed by atoms with Gasteiger partial charge in [-0.1, -0.05) is 48.2 Å². The molecule has 2 aromatic carbocycles. The lowest BCUT2D eigenvalue weighted by molar-refractivity contribution is -0.120. The molecular weight excluding hydrogens is 444 g/mol. The molecule has 33 heavy (non-hydrogen) atoms. The summed E-state index contributed by atoms with van der Waals surface area (Å²) >= 11 is 1.38. The fourth-order valence-electron chi connectivity index (χ4n) is 3.60. The minimum absolute atomic E-state index is 0.0823. The fraction of sp³-hybridized carbons (Fsp3) is 0.217. The number of aromatic nitrogens is 2. The van der Waals surface area contributed by atoms with Gasteiger partial charge in [0.05, 0.1) is 12.7 Å². The first-order chi connectivity index (χ1) is 15.9. The number of ether oxygens (including phenoxy) is 2. The third kappa shape index (κ3) is 5.17. The van der Waals surface area contributed by atoms with Crippen molar-refractivity contribution in [2.75, 3.05) is 19.0 Å². The summed E-state index contributed by atoms with van der Waals surface area (Å²) < 4.78 is 10.7. The highest BCUT2D eigenvalue weighted by molar-refractivity contribution is 7.98. The van der Waals surface area contributed by atoms with Crippen molar-refractivity contribution >= 4 is 29.4 Å². The Bertz CT molecular complexity index is 1250. The molecule has 0 fully saturated rings. The van der Waals surface area contributed by atoms with Crippen LogP contribution >= 0.6 is 11.8 Å². The van der Waals surface area contributed by atoms with Gasteiger partial charge >= 0.3 is 0 Å². The van der Waals surface area contributed by atoms with Crippen LogP contribution in [0.1, 0.15) is 29.0 Å². The van der Waals surface area contributed by atoms with Gasteiger partial charge in [0.25, 0.3) is 11.5 Å². The number of thioether (sulfide) groups is 1. The number of rotatable bonds is 8. The zero-order chi connectivity index (χ0) is 23.4. The van der Waals surface area contributed by atoms with Gasteiger partial charge in [0.1, 0.15) is 5.82 Å². The van der Waals surface area contributed by atoms with E-state index < -0.39 is 11.8 Å². The molecule has 0 saturated heterocycles. The lowest BCUT2D eigenvalue weighted by Crippen LogP contribution is -2.31. The van der Waals surface area contributed by atoms with Crippen molar-refractivity contribution in [2.24, 2.45) is 5.73 Å². The van der Waals surface area contributed by atoms with Crippen molar-refractivity contribution < 1.29 is 19.1 Å². The molecule has 0 aliphatic carbocycles. The molecule has 170 valence electrons. The Hall–Kier alpha value is -3.79. The van der Waals surface area contributed by atoms with Gasteiger partial charge < -0.3 is 25.5 Å². The first kappa shape index (κ1) is 22.4. The van der Waals surface area contributed by atoms with E-state index in [0.717, 1.165) is 5.56 Å². The topological polar surface area (TPSA) is 136 Å². The number of hydrogen-bond donors (Lipinski definition) is 3. The molecule has 2 amide bonds. The number of anilines is 1. The van der Waals surface area contributed by atoms with E-state index in [2.05, 4.69) is 15.3 Å². The minimum atomic E-state index is -0.613. The Morgan fingerprint density at radius 1 is 1.18 bits per heavy atom. The van der Waals surface area contributed by atoms with Crippen LogP contribution in [0, 0.1) is 0 Å². The number of benzene rings is 2. The zero-order valence-corrected chi connectivity index (χ0v) is 18.6. The van der Waals surface area contributed by atoms with Gasteiger partial charge in [0.15, 0.2) is 23.3 Å². The Labute approximate surface area is 193 Å². The largest absolute Gasteiger partial charge is 0.493 e. The highest BCUT2D eigenvalue weighted by atomic mass is 32.2. The third-order valence-electron chi connectivity index (χ3n) is 5.11. The fourth-order valence-corrected chi connectivity index (χ4v) is 4.42. The number of methoxy groups -OCH3 is 1. The number of H-pyrrole nitrogens is 1. The maximum absolute atomic E-state index is 13.0. The Morgan fingerprint density at radius 2 is 1.97 bits per heavy atom. The van der Waals surface area contributed by atoms with Crippen molar-refractivity contribution in [3.63, 3.8) is 0 Å². The molecular formula is C23H22N4O5S. The number of amides is 2. The lowest BCUT2D eigenvalue weighted by atomic mass is 9.86. The second-order valence-electron chi connectivity index (χ2n) is 7.38. The molecule has 0 spiro atoms. The second-order valence-corrected chi connectivity index (χ2v) is 8.34. The summed E-state index contributed by atoms with van der Waals surface area (Å²) in [6, 6.07) is 14.8. The van der Waals surface area contributed by atoms with Crippen LogP contribution in [-0.2, 0) is 15.3 Å². The first-order valence-electron chi connectivity index (χ1n) is 10.1. The van der Waals surface area contributed by atoms with E-state index in [1.807, 2.05) is 30.3 Å². The highest BCUT2D eigenvalue weighted by Crippen LogP contribution is 2.38. The number of fused-ring (bicyclic) bond motifs is 1. The first-order valence-corrected chi connectivity index (χ1v) is 11.1. The van der Waals surface area contributed by atoms with E-state index in [0.29, 0.717) is 33.5 Å². The molecule has 0 saturated carbocycles. The number of hydrogen-bond acceptors (Lipinski definition) is 7. The monoisotopic (exact) mass is 466 g/mol. The average Bonchev–Trinajstić information content (AvgIpc) is 2.81. The molecule has 0 bridgehead atoms. The van der Waals surface area contributed by atoms with Gasteiger partial charge in [-0.2, -0.15) is 0 Å². The normalized spacial score (nSPS) is 14.8. The molecule has 1 aliphatic rings. The third-order valence-corrected chi connectivity index (χ3v) is 6.05. The maximum atomic E-state index is 13.0. The molecule has 9 nitrogen and oxygen atoms in total. The van der Waals surface area contributed by atoms with E-state index >= 15 is 0 Å². The number of nitrogens with zero attached hydrogens (tertiary/aromatic N) is 1. The Balaban J connectivity index is 1.63.